The Balaban J connectivity index is 1.99. The Labute approximate surface area is 454 Å². The largest absolute Gasteiger partial charge is 0.466 e. The van der Waals surface area contributed by atoms with Crippen molar-refractivity contribution in [2.75, 3.05) is 19.8 Å². The minimum atomic E-state index is -1.57. The third-order valence-corrected chi connectivity index (χ3v) is 15.1. The molecule has 1 saturated heterocycles. The number of unbranched alkanes of at least 4 members (excludes halogenated alkanes) is 39. The van der Waals surface area contributed by atoms with Gasteiger partial charge in [0.25, 0.3) is 0 Å². The first kappa shape index (κ1) is 70.2. The van der Waals surface area contributed by atoms with E-state index >= 15 is 0 Å². The topological polar surface area (TPSA) is 175 Å². The van der Waals surface area contributed by atoms with Crippen LogP contribution >= 0.6 is 0 Å². The average molecular weight is 1050 g/mol. The molecule has 0 aromatic carbocycles. The summed E-state index contributed by atoms with van der Waals surface area (Å²) >= 11 is 0. The molecule has 1 aliphatic heterocycles. The zero-order valence-corrected chi connectivity index (χ0v) is 48.1. The van der Waals surface area contributed by atoms with Crippen molar-refractivity contribution in [1.82, 2.24) is 5.32 Å². The highest BCUT2D eigenvalue weighted by Gasteiger charge is 2.44. The predicted octanol–water partition coefficient (Wildman–Crippen LogP) is 14.9. The molecule has 436 valence electrons. The number of ether oxygens (including phenoxy) is 3. The Morgan fingerprint density at radius 3 is 1.30 bits per heavy atom. The summed E-state index contributed by atoms with van der Waals surface area (Å²) < 4.78 is 16.7. The molecule has 11 nitrogen and oxygen atoms in total. The quantitative estimate of drug-likeness (QED) is 0.0195. The average Bonchev–Trinajstić information content (AvgIpc) is 3.40. The Hall–Kier alpha value is -1.86. The van der Waals surface area contributed by atoms with Crippen molar-refractivity contribution in [3.05, 3.63) is 24.3 Å². The fraction of sp³-hybridized carbons (Fsp3) is 0.905. The molecule has 0 radical (unpaired) electrons. The van der Waals surface area contributed by atoms with E-state index in [0.717, 1.165) is 77.0 Å². The van der Waals surface area contributed by atoms with E-state index in [1.807, 2.05) is 6.08 Å². The zero-order chi connectivity index (χ0) is 53.8. The molecule has 1 rings (SSSR count). The summed E-state index contributed by atoms with van der Waals surface area (Å²) in [4.78, 5) is 25.1. The van der Waals surface area contributed by atoms with Gasteiger partial charge in [-0.1, -0.05) is 256 Å². The number of carbonyl (C=O) groups is 2. The number of aliphatic hydroxyl groups is 5. The van der Waals surface area contributed by atoms with E-state index in [9.17, 15) is 35.1 Å². The van der Waals surface area contributed by atoms with Crippen molar-refractivity contribution in [2.24, 2.45) is 0 Å². The van der Waals surface area contributed by atoms with Crippen molar-refractivity contribution in [1.29, 1.82) is 0 Å². The maximum Gasteiger partial charge on any atom is 0.305 e. The molecule has 0 saturated carbocycles. The molecule has 1 heterocycles. The van der Waals surface area contributed by atoms with Gasteiger partial charge in [-0.25, -0.2) is 0 Å². The molecule has 6 N–H and O–H groups in total. The van der Waals surface area contributed by atoms with Gasteiger partial charge >= 0.3 is 5.97 Å². The lowest BCUT2D eigenvalue weighted by atomic mass is 9.99. The summed E-state index contributed by atoms with van der Waals surface area (Å²) in [6.07, 6.45) is 54.4. The molecule has 74 heavy (non-hydrogen) atoms. The van der Waals surface area contributed by atoms with E-state index in [2.05, 4.69) is 31.3 Å². The summed E-state index contributed by atoms with van der Waals surface area (Å²) in [5.74, 6) is -0.192. The number of aliphatic hydroxyl groups excluding tert-OH is 5. The van der Waals surface area contributed by atoms with E-state index in [1.54, 1.807) is 6.08 Å². The van der Waals surface area contributed by atoms with Crippen LogP contribution in [0.3, 0.4) is 0 Å². The third-order valence-electron chi connectivity index (χ3n) is 15.1. The van der Waals surface area contributed by atoms with Gasteiger partial charge in [0.1, 0.15) is 24.4 Å². The first-order valence-corrected chi connectivity index (χ1v) is 31.6. The molecule has 0 spiro atoms. The van der Waals surface area contributed by atoms with Gasteiger partial charge in [0, 0.05) is 12.8 Å². The SMILES string of the molecule is CCCCCCCCC/C=C/C(O)C(COC1OC(CO)C(O)C(O)C1O)NC(=O)CCCCCCCCC/C=C\CCCCCCCCCCCCOC(=O)CCCCCCCCCCCCCCCCCC. The van der Waals surface area contributed by atoms with Crippen LogP contribution in [0.1, 0.15) is 303 Å². The minimum Gasteiger partial charge on any atom is -0.466 e. The maximum atomic E-state index is 13.0. The number of nitrogens with one attached hydrogen (secondary N) is 1. The Bertz CT molecular complexity index is 1280. The lowest BCUT2D eigenvalue weighted by Crippen LogP contribution is -2.60. The van der Waals surface area contributed by atoms with Gasteiger partial charge in [0.15, 0.2) is 6.29 Å². The standard InChI is InChI=1S/C63H119NO10/c1-3-5-7-9-11-13-14-15-16-25-28-31-35-39-43-47-51-59(68)72-52-48-44-40-36-32-29-26-23-21-19-17-18-20-22-24-27-30-34-38-42-46-50-58(67)64-55(56(66)49-45-41-37-33-12-10-8-6-4-2)54-73-63-62(71)61(70)60(69)57(53-65)74-63/h18,20,45,49,55-57,60-63,65-66,69-71H,3-17,19,21-44,46-48,50-54H2,1-2H3,(H,64,67)/b20-18-,49-45+. The second kappa shape index (κ2) is 53.2. The fourth-order valence-corrected chi connectivity index (χ4v) is 10.0. The Kier molecular flexibility index (Phi) is 50.4. The molecule has 7 unspecified atom stereocenters. The fourth-order valence-electron chi connectivity index (χ4n) is 10.0. The molecule has 11 heteroatoms. The lowest BCUT2D eigenvalue weighted by Gasteiger charge is -2.40. The van der Waals surface area contributed by atoms with Crippen LogP contribution in [0.15, 0.2) is 24.3 Å². The van der Waals surface area contributed by atoms with E-state index in [-0.39, 0.29) is 18.5 Å². The predicted molar refractivity (Wildman–Crippen MR) is 306 cm³/mol. The molecule has 1 fully saturated rings. The number of hydrogen-bond donors (Lipinski definition) is 6. The highest BCUT2D eigenvalue weighted by molar-refractivity contribution is 5.76. The lowest BCUT2D eigenvalue weighted by molar-refractivity contribution is -0.302. The van der Waals surface area contributed by atoms with Gasteiger partial charge in [-0.15, -0.1) is 0 Å². The molecule has 1 amide bonds. The van der Waals surface area contributed by atoms with Crippen molar-refractivity contribution >= 4 is 11.9 Å². The third kappa shape index (κ3) is 42.2. The van der Waals surface area contributed by atoms with Gasteiger partial charge in [-0.05, 0) is 57.8 Å². The summed E-state index contributed by atoms with van der Waals surface area (Å²) in [6, 6.07) is -0.814. The summed E-state index contributed by atoms with van der Waals surface area (Å²) in [5, 5.41) is 54.2. The maximum absolute atomic E-state index is 13.0. The Morgan fingerprint density at radius 2 is 0.865 bits per heavy atom. The first-order valence-electron chi connectivity index (χ1n) is 31.6. The monoisotopic (exact) mass is 1050 g/mol. The van der Waals surface area contributed by atoms with Gasteiger partial charge in [0.05, 0.1) is 32.0 Å². The van der Waals surface area contributed by atoms with Crippen LogP contribution in [0.4, 0.5) is 0 Å². The Morgan fingerprint density at radius 1 is 0.486 bits per heavy atom. The molecular weight excluding hydrogens is 931 g/mol. The smallest absolute Gasteiger partial charge is 0.305 e. The van der Waals surface area contributed by atoms with Crippen LogP contribution in [0.2, 0.25) is 0 Å². The number of allylic oxidation sites excluding steroid dienone is 3. The molecule has 7 atom stereocenters. The number of esters is 1. The van der Waals surface area contributed by atoms with Gasteiger partial charge in [0.2, 0.25) is 5.91 Å². The first-order chi connectivity index (χ1) is 36.2. The second-order valence-corrected chi connectivity index (χ2v) is 22.1. The van der Waals surface area contributed by atoms with Gasteiger partial charge < -0.3 is 45.1 Å². The number of hydrogen-bond acceptors (Lipinski definition) is 10. The van der Waals surface area contributed by atoms with Crippen LogP contribution in [0.5, 0.6) is 0 Å². The summed E-state index contributed by atoms with van der Waals surface area (Å²) in [5.41, 5.74) is 0. The normalized spacial score (nSPS) is 18.9. The molecular formula is C63H119NO10. The van der Waals surface area contributed by atoms with Crippen LogP contribution in [0.25, 0.3) is 0 Å². The van der Waals surface area contributed by atoms with Gasteiger partial charge in [-0.2, -0.15) is 0 Å². The number of carbonyl (C=O) groups excluding carboxylic acids is 2. The summed E-state index contributed by atoms with van der Waals surface area (Å²) in [6.45, 7) is 4.32. The molecule has 1 aliphatic rings. The van der Waals surface area contributed by atoms with Crippen molar-refractivity contribution < 1.29 is 49.3 Å². The highest BCUT2D eigenvalue weighted by Crippen LogP contribution is 2.23. The molecule has 0 aromatic heterocycles. The van der Waals surface area contributed by atoms with Crippen molar-refractivity contribution in [3.63, 3.8) is 0 Å². The van der Waals surface area contributed by atoms with Crippen LogP contribution in [-0.2, 0) is 23.8 Å². The minimum absolute atomic E-state index is 0.00135. The highest BCUT2D eigenvalue weighted by atomic mass is 16.7. The molecule has 0 bridgehead atoms. The van der Waals surface area contributed by atoms with Crippen LogP contribution < -0.4 is 5.32 Å². The van der Waals surface area contributed by atoms with Crippen LogP contribution in [-0.4, -0.2) is 100 Å². The second-order valence-electron chi connectivity index (χ2n) is 22.1. The van der Waals surface area contributed by atoms with Crippen molar-refractivity contribution in [3.8, 4) is 0 Å². The van der Waals surface area contributed by atoms with E-state index in [4.69, 9.17) is 14.2 Å². The van der Waals surface area contributed by atoms with Crippen molar-refractivity contribution in [2.45, 2.75) is 346 Å². The molecule has 0 aromatic rings. The van der Waals surface area contributed by atoms with Gasteiger partial charge in [-0.3, -0.25) is 9.59 Å². The zero-order valence-electron chi connectivity index (χ0n) is 48.1. The molecule has 0 aliphatic carbocycles. The number of rotatable bonds is 55. The van der Waals surface area contributed by atoms with E-state index in [1.165, 1.54) is 199 Å². The van der Waals surface area contributed by atoms with E-state index in [0.29, 0.717) is 19.4 Å². The van der Waals surface area contributed by atoms with Crippen LogP contribution in [0, 0.1) is 0 Å². The van der Waals surface area contributed by atoms with E-state index < -0.39 is 49.5 Å². The number of amides is 1. The summed E-state index contributed by atoms with van der Waals surface area (Å²) in [7, 11) is 0.